The fourth-order valence-corrected chi connectivity index (χ4v) is 2.02. The average Bonchev–Trinajstić information content (AvgIpc) is 2.33. The zero-order valence-electron chi connectivity index (χ0n) is 11.7. The first kappa shape index (κ1) is 16.4. The molecule has 0 spiro atoms. The standard InChI is InChI=1S/C16H30O/c1-3-5-7-9-10-11-13-15-16(17)14-12-8-6-4-2/h4H,2-3,5-15H2,1H3. The third-order valence-corrected chi connectivity index (χ3v) is 3.17. The van der Waals surface area contributed by atoms with Crippen LogP contribution in [0, 0.1) is 0 Å². The molecule has 0 saturated carbocycles. The molecule has 17 heavy (non-hydrogen) atoms. The van der Waals surface area contributed by atoms with Crippen molar-refractivity contribution in [3.8, 4) is 0 Å². The number of ketones is 1. The second kappa shape index (κ2) is 13.5. The molecule has 0 amide bonds. The maximum absolute atomic E-state index is 11.5. The number of rotatable bonds is 13. The minimum atomic E-state index is 0.461. The van der Waals surface area contributed by atoms with Crippen molar-refractivity contribution in [3.05, 3.63) is 12.7 Å². The molecule has 0 aromatic carbocycles. The van der Waals surface area contributed by atoms with E-state index in [-0.39, 0.29) is 0 Å². The van der Waals surface area contributed by atoms with E-state index in [1.807, 2.05) is 6.08 Å². The van der Waals surface area contributed by atoms with E-state index in [0.717, 1.165) is 38.5 Å². The van der Waals surface area contributed by atoms with Gasteiger partial charge in [0.1, 0.15) is 5.78 Å². The third kappa shape index (κ3) is 13.3. The first-order valence-corrected chi connectivity index (χ1v) is 7.43. The molecular weight excluding hydrogens is 208 g/mol. The number of Topliss-reactive ketones (excluding diaryl/α,β-unsaturated/α-hetero) is 1. The largest absolute Gasteiger partial charge is 0.300 e. The fourth-order valence-electron chi connectivity index (χ4n) is 2.02. The highest BCUT2D eigenvalue weighted by molar-refractivity contribution is 5.78. The molecule has 0 aliphatic heterocycles. The molecule has 1 heteroatoms. The van der Waals surface area contributed by atoms with Gasteiger partial charge in [-0.15, -0.1) is 6.58 Å². The summed E-state index contributed by atoms with van der Waals surface area (Å²) < 4.78 is 0. The minimum Gasteiger partial charge on any atom is -0.300 e. The quantitative estimate of drug-likeness (QED) is 0.308. The molecular formula is C16H30O. The van der Waals surface area contributed by atoms with Gasteiger partial charge in [0.2, 0.25) is 0 Å². The van der Waals surface area contributed by atoms with Crippen LogP contribution in [-0.2, 0) is 4.79 Å². The van der Waals surface area contributed by atoms with Crippen molar-refractivity contribution in [1.29, 1.82) is 0 Å². The predicted molar refractivity (Wildman–Crippen MR) is 76.3 cm³/mol. The number of carbonyl (C=O) groups is 1. The highest BCUT2D eigenvalue weighted by Crippen LogP contribution is 2.10. The summed E-state index contributed by atoms with van der Waals surface area (Å²) in [6.45, 7) is 5.92. The molecule has 0 aliphatic rings. The van der Waals surface area contributed by atoms with Gasteiger partial charge in [0.25, 0.3) is 0 Å². The van der Waals surface area contributed by atoms with E-state index in [1.54, 1.807) is 0 Å². The summed E-state index contributed by atoms with van der Waals surface area (Å²) in [5, 5.41) is 0. The van der Waals surface area contributed by atoms with Crippen molar-refractivity contribution < 1.29 is 4.79 Å². The maximum Gasteiger partial charge on any atom is 0.132 e. The molecule has 0 aromatic rings. The smallest absolute Gasteiger partial charge is 0.132 e. The molecule has 100 valence electrons. The van der Waals surface area contributed by atoms with E-state index in [1.165, 1.54) is 38.5 Å². The molecule has 0 rings (SSSR count). The molecule has 0 radical (unpaired) electrons. The molecule has 0 aliphatic carbocycles. The van der Waals surface area contributed by atoms with Crippen molar-refractivity contribution in [3.63, 3.8) is 0 Å². The van der Waals surface area contributed by atoms with Crippen LogP contribution >= 0.6 is 0 Å². The molecule has 0 bridgehead atoms. The second-order valence-electron chi connectivity index (χ2n) is 4.94. The molecule has 0 unspecified atom stereocenters. The van der Waals surface area contributed by atoms with Gasteiger partial charge in [-0.2, -0.15) is 0 Å². The van der Waals surface area contributed by atoms with Crippen molar-refractivity contribution >= 4 is 5.78 Å². The van der Waals surface area contributed by atoms with Crippen LogP contribution in [0.3, 0.4) is 0 Å². The molecule has 1 nitrogen and oxygen atoms in total. The molecule has 0 atom stereocenters. The average molecular weight is 238 g/mol. The fraction of sp³-hybridized carbons (Fsp3) is 0.812. The third-order valence-electron chi connectivity index (χ3n) is 3.17. The lowest BCUT2D eigenvalue weighted by atomic mass is 10.0. The Bertz CT molecular complexity index is 184. The number of hydrogen-bond acceptors (Lipinski definition) is 1. The predicted octanol–water partition coefficient (Wildman–Crippen LogP) is 5.44. The topological polar surface area (TPSA) is 17.1 Å². The van der Waals surface area contributed by atoms with E-state index in [0.29, 0.717) is 5.78 Å². The number of allylic oxidation sites excluding steroid dienone is 1. The first-order chi connectivity index (χ1) is 8.31. The second-order valence-corrected chi connectivity index (χ2v) is 4.94. The Hall–Kier alpha value is -0.590. The SMILES string of the molecule is C=CCCCCC(=O)CCCCCCCCC. The van der Waals surface area contributed by atoms with Gasteiger partial charge in [0.05, 0.1) is 0 Å². The van der Waals surface area contributed by atoms with Gasteiger partial charge in [0.15, 0.2) is 0 Å². The normalized spacial score (nSPS) is 10.4. The Morgan fingerprint density at radius 2 is 1.41 bits per heavy atom. The van der Waals surface area contributed by atoms with Gasteiger partial charge >= 0.3 is 0 Å². The summed E-state index contributed by atoms with van der Waals surface area (Å²) in [4.78, 5) is 11.5. The Kier molecular flexibility index (Phi) is 13.0. The Morgan fingerprint density at radius 3 is 2.00 bits per heavy atom. The van der Waals surface area contributed by atoms with Gasteiger partial charge < -0.3 is 0 Å². The van der Waals surface area contributed by atoms with Crippen molar-refractivity contribution in [2.45, 2.75) is 84.0 Å². The molecule has 0 fully saturated rings. The van der Waals surface area contributed by atoms with E-state index in [9.17, 15) is 4.79 Å². The Morgan fingerprint density at radius 1 is 0.882 bits per heavy atom. The molecule has 0 aromatic heterocycles. The lowest BCUT2D eigenvalue weighted by Gasteiger charge is -2.01. The molecule has 0 heterocycles. The Balaban J connectivity index is 3.13. The van der Waals surface area contributed by atoms with Crippen LogP contribution in [-0.4, -0.2) is 5.78 Å². The van der Waals surface area contributed by atoms with Crippen LogP contribution in [0.5, 0.6) is 0 Å². The van der Waals surface area contributed by atoms with Crippen LogP contribution in [0.2, 0.25) is 0 Å². The summed E-state index contributed by atoms with van der Waals surface area (Å²) in [6, 6.07) is 0. The van der Waals surface area contributed by atoms with E-state index in [2.05, 4.69) is 13.5 Å². The van der Waals surface area contributed by atoms with Gasteiger partial charge in [-0.05, 0) is 25.7 Å². The lowest BCUT2D eigenvalue weighted by molar-refractivity contribution is -0.119. The summed E-state index contributed by atoms with van der Waals surface area (Å²) in [5.74, 6) is 0.461. The Labute approximate surface area is 108 Å². The van der Waals surface area contributed by atoms with Gasteiger partial charge in [-0.1, -0.05) is 51.5 Å². The van der Waals surface area contributed by atoms with Crippen LogP contribution in [0.15, 0.2) is 12.7 Å². The highest BCUT2D eigenvalue weighted by Gasteiger charge is 2.01. The number of hydrogen-bond donors (Lipinski definition) is 0. The van der Waals surface area contributed by atoms with Crippen molar-refractivity contribution in [1.82, 2.24) is 0 Å². The zero-order chi connectivity index (χ0) is 12.8. The van der Waals surface area contributed by atoms with Crippen molar-refractivity contribution in [2.24, 2.45) is 0 Å². The first-order valence-electron chi connectivity index (χ1n) is 7.43. The van der Waals surface area contributed by atoms with Gasteiger partial charge in [-0.3, -0.25) is 4.79 Å². The van der Waals surface area contributed by atoms with Crippen LogP contribution < -0.4 is 0 Å². The minimum absolute atomic E-state index is 0.461. The van der Waals surface area contributed by atoms with Gasteiger partial charge in [0, 0.05) is 12.8 Å². The van der Waals surface area contributed by atoms with Crippen LogP contribution in [0.4, 0.5) is 0 Å². The van der Waals surface area contributed by atoms with E-state index >= 15 is 0 Å². The summed E-state index contributed by atoms with van der Waals surface area (Å²) in [6.07, 6.45) is 15.8. The molecule has 0 N–H and O–H groups in total. The van der Waals surface area contributed by atoms with Gasteiger partial charge in [-0.25, -0.2) is 0 Å². The monoisotopic (exact) mass is 238 g/mol. The number of unbranched alkanes of at least 4 members (excludes halogenated alkanes) is 8. The van der Waals surface area contributed by atoms with E-state index < -0.39 is 0 Å². The van der Waals surface area contributed by atoms with Crippen molar-refractivity contribution in [2.75, 3.05) is 0 Å². The van der Waals surface area contributed by atoms with E-state index in [4.69, 9.17) is 0 Å². The zero-order valence-corrected chi connectivity index (χ0v) is 11.7. The lowest BCUT2D eigenvalue weighted by Crippen LogP contribution is -1.97. The summed E-state index contributed by atoms with van der Waals surface area (Å²) in [7, 11) is 0. The van der Waals surface area contributed by atoms with Crippen LogP contribution in [0.1, 0.15) is 84.0 Å². The summed E-state index contributed by atoms with van der Waals surface area (Å²) in [5.41, 5.74) is 0. The highest BCUT2D eigenvalue weighted by atomic mass is 16.1. The summed E-state index contributed by atoms with van der Waals surface area (Å²) >= 11 is 0. The van der Waals surface area contributed by atoms with Crippen LogP contribution in [0.25, 0.3) is 0 Å². The molecule has 0 saturated heterocycles. The maximum atomic E-state index is 11.5. The number of carbonyl (C=O) groups excluding carboxylic acids is 1.